The Balaban J connectivity index is 2.61. The SMILES string of the molecule is CC(C)(C)c1nn(CCCCCO)c(=O)o1. The average molecular weight is 228 g/mol. The molecule has 16 heavy (non-hydrogen) atoms. The van der Waals surface area contributed by atoms with Crippen molar-refractivity contribution < 1.29 is 9.52 Å². The van der Waals surface area contributed by atoms with E-state index in [0.29, 0.717) is 12.4 Å². The van der Waals surface area contributed by atoms with Gasteiger partial charge in [-0.3, -0.25) is 0 Å². The molecule has 1 heterocycles. The second-order valence-corrected chi connectivity index (χ2v) is 4.93. The maximum absolute atomic E-state index is 11.4. The number of aliphatic hydroxyl groups is 1. The van der Waals surface area contributed by atoms with Crippen LogP contribution in [0.15, 0.2) is 9.21 Å². The van der Waals surface area contributed by atoms with Gasteiger partial charge in [-0.15, -0.1) is 5.10 Å². The third-order valence-electron chi connectivity index (χ3n) is 2.28. The van der Waals surface area contributed by atoms with Gasteiger partial charge in [-0.1, -0.05) is 20.8 Å². The summed E-state index contributed by atoms with van der Waals surface area (Å²) in [5.41, 5.74) is -0.241. The summed E-state index contributed by atoms with van der Waals surface area (Å²) >= 11 is 0. The fourth-order valence-corrected chi connectivity index (χ4v) is 1.30. The number of rotatable bonds is 5. The van der Waals surface area contributed by atoms with E-state index in [9.17, 15) is 4.79 Å². The van der Waals surface area contributed by atoms with Gasteiger partial charge in [-0.2, -0.15) is 4.68 Å². The molecule has 0 radical (unpaired) electrons. The maximum Gasteiger partial charge on any atom is 0.437 e. The van der Waals surface area contributed by atoms with Crippen LogP contribution in [0.1, 0.15) is 45.9 Å². The highest BCUT2D eigenvalue weighted by atomic mass is 16.4. The molecule has 0 atom stereocenters. The molecule has 0 bridgehead atoms. The van der Waals surface area contributed by atoms with Gasteiger partial charge in [-0.25, -0.2) is 4.79 Å². The first-order valence-corrected chi connectivity index (χ1v) is 5.64. The summed E-state index contributed by atoms with van der Waals surface area (Å²) < 4.78 is 6.44. The Bertz CT molecular complexity index is 373. The molecule has 1 aromatic rings. The monoisotopic (exact) mass is 228 g/mol. The summed E-state index contributed by atoms with van der Waals surface area (Å²) in [6.07, 6.45) is 2.48. The highest BCUT2D eigenvalue weighted by Crippen LogP contribution is 2.18. The van der Waals surface area contributed by atoms with Gasteiger partial charge < -0.3 is 9.52 Å². The average Bonchev–Trinajstić information content (AvgIpc) is 2.55. The number of hydrogen-bond acceptors (Lipinski definition) is 4. The Labute approximate surface area is 95.1 Å². The van der Waals surface area contributed by atoms with E-state index < -0.39 is 5.76 Å². The quantitative estimate of drug-likeness (QED) is 0.771. The fraction of sp³-hybridized carbons (Fsp3) is 0.818. The zero-order valence-corrected chi connectivity index (χ0v) is 10.2. The molecule has 1 aromatic heterocycles. The van der Waals surface area contributed by atoms with E-state index in [1.165, 1.54) is 4.68 Å². The smallest absolute Gasteiger partial charge is 0.396 e. The Morgan fingerprint density at radius 3 is 2.50 bits per heavy atom. The molecule has 5 heteroatoms. The summed E-state index contributed by atoms with van der Waals surface area (Å²) in [5, 5.41) is 12.8. The number of hydrogen-bond donors (Lipinski definition) is 1. The van der Waals surface area contributed by atoms with Crippen molar-refractivity contribution >= 4 is 0 Å². The zero-order valence-electron chi connectivity index (χ0n) is 10.2. The largest absolute Gasteiger partial charge is 0.437 e. The summed E-state index contributed by atoms with van der Waals surface area (Å²) in [5.74, 6) is 0.0774. The molecule has 0 saturated heterocycles. The van der Waals surface area contributed by atoms with E-state index in [-0.39, 0.29) is 12.0 Å². The van der Waals surface area contributed by atoms with Crippen LogP contribution in [-0.2, 0) is 12.0 Å². The molecule has 5 nitrogen and oxygen atoms in total. The van der Waals surface area contributed by atoms with Crippen molar-refractivity contribution in [1.82, 2.24) is 9.78 Å². The Morgan fingerprint density at radius 2 is 2.00 bits per heavy atom. The van der Waals surface area contributed by atoms with E-state index in [2.05, 4.69) is 5.10 Å². The lowest BCUT2D eigenvalue weighted by Gasteiger charge is -2.10. The minimum absolute atomic E-state index is 0.195. The van der Waals surface area contributed by atoms with Crippen molar-refractivity contribution in [3.05, 3.63) is 16.4 Å². The van der Waals surface area contributed by atoms with Gasteiger partial charge in [0, 0.05) is 18.6 Å². The van der Waals surface area contributed by atoms with E-state index in [1.54, 1.807) is 0 Å². The van der Waals surface area contributed by atoms with Crippen LogP contribution in [0.25, 0.3) is 0 Å². The van der Waals surface area contributed by atoms with Crippen molar-refractivity contribution in [3.8, 4) is 0 Å². The lowest BCUT2D eigenvalue weighted by atomic mass is 9.97. The number of unbranched alkanes of at least 4 members (excludes halogenated alkanes) is 2. The van der Waals surface area contributed by atoms with Crippen LogP contribution in [0.3, 0.4) is 0 Å². The molecular weight excluding hydrogens is 208 g/mol. The summed E-state index contributed by atoms with van der Waals surface area (Å²) in [4.78, 5) is 11.4. The van der Waals surface area contributed by atoms with Crippen molar-refractivity contribution in [2.24, 2.45) is 0 Å². The highest BCUT2D eigenvalue weighted by molar-refractivity contribution is 4.93. The molecule has 92 valence electrons. The lowest BCUT2D eigenvalue weighted by molar-refractivity contribution is 0.281. The normalized spacial score (nSPS) is 12.0. The van der Waals surface area contributed by atoms with Gasteiger partial charge in [-0.05, 0) is 19.3 Å². The van der Waals surface area contributed by atoms with Crippen LogP contribution >= 0.6 is 0 Å². The standard InChI is InChI=1S/C11H20N2O3/c1-11(2,3)9-12-13(10(15)16-9)7-5-4-6-8-14/h14H,4-8H2,1-3H3. The molecule has 0 aliphatic rings. The molecular formula is C11H20N2O3. The molecule has 0 saturated carbocycles. The van der Waals surface area contributed by atoms with E-state index >= 15 is 0 Å². The summed E-state index contributed by atoms with van der Waals surface area (Å²) in [6.45, 7) is 6.61. The molecule has 0 aromatic carbocycles. The molecule has 0 aliphatic heterocycles. The molecule has 0 spiro atoms. The van der Waals surface area contributed by atoms with Gasteiger partial charge in [0.15, 0.2) is 0 Å². The highest BCUT2D eigenvalue weighted by Gasteiger charge is 2.22. The van der Waals surface area contributed by atoms with E-state index in [4.69, 9.17) is 9.52 Å². The maximum atomic E-state index is 11.4. The summed E-state index contributed by atoms with van der Waals surface area (Å²) in [6, 6.07) is 0. The molecule has 0 unspecified atom stereocenters. The third kappa shape index (κ3) is 3.48. The molecule has 0 amide bonds. The minimum atomic E-state index is -0.395. The van der Waals surface area contributed by atoms with Crippen molar-refractivity contribution in [2.75, 3.05) is 6.61 Å². The van der Waals surface area contributed by atoms with Gasteiger partial charge in [0.25, 0.3) is 0 Å². The van der Waals surface area contributed by atoms with Gasteiger partial charge in [0.05, 0.1) is 0 Å². The van der Waals surface area contributed by atoms with Crippen molar-refractivity contribution in [2.45, 2.75) is 52.0 Å². The topological polar surface area (TPSA) is 68.3 Å². The predicted molar refractivity (Wildman–Crippen MR) is 60.4 cm³/mol. The number of aliphatic hydroxyl groups excluding tert-OH is 1. The van der Waals surface area contributed by atoms with Crippen LogP contribution in [-0.4, -0.2) is 21.5 Å². The van der Waals surface area contributed by atoms with Crippen LogP contribution in [0, 0.1) is 0 Å². The van der Waals surface area contributed by atoms with Crippen molar-refractivity contribution in [1.29, 1.82) is 0 Å². The van der Waals surface area contributed by atoms with Crippen LogP contribution < -0.4 is 5.76 Å². The Kier molecular flexibility index (Phi) is 4.29. The van der Waals surface area contributed by atoms with Crippen molar-refractivity contribution in [3.63, 3.8) is 0 Å². The lowest BCUT2D eigenvalue weighted by Crippen LogP contribution is -2.16. The predicted octanol–water partition coefficient (Wildman–Crippen LogP) is 1.30. The first-order valence-electron chi connectivity index (χ1n) is 5.64. The number of aryl methyl sites for hydroxylation is 1. The first-order chi connectivity index (χ1) is 7.45. The molecule has 0 aliphatic carbocycles. The summed E-state index contributed by atoms with van der Waals surface area (Å²) in [7, 11) is 0. The van der Waals surface area contributed by atoms with Crippen LogP contribution in [0.2, 0.25) is 0 Å². The van der Waals surface area contributed by atoms with E-state index in [1.807, 2.05) is 20.8 Å². The molecule has 1 N–H and O–H groups in total. The van der Waals surface area contributed by atoms with Gasteiger partial charge in [0.2, 0.25) is 5.89 Å². The Morgan fingerprint density at radius 1 is 1.31 bits per heavy atom. The van der Waals surface area contributed by atoms with Gasteiger partial charge in [0.1, 0.15) is 0 Å². The third-order valence-corrected chi connectivity index (χ3v) is 2.28. The van der Waals surface area contributed by atoms with Crippen LogP contribution in [0.4, 0.5) is 0 Å². The second kappa shape index (κ2) is 5.30. The Hall–Kier alpha value is -1.10. The number of nitrogens with zero attached hydrogens (tertiary/aromatic N) is 2. The fourth-order valence-electron chi connectivity index (χ4n) is 1.30. The molecule has 1 rings (SSSR count). The van der Waals surface area contributed by atoms with Crippen LogP contribution in [0.5, 0.6) is 0 Å². The van der Waals surface area contributed by atoms with Gasteiger partial charge >= 0.3 is 5.76 Å². The minimum Gasteiger partial charge on any atom is -0.396 e. The number of aromatic nitrogens is 2. The van der Waals surface area contributed by atoms with E-state index in [0.717, 1.165) is 19.3 Å². The second-order valence-electron chi connectivity index (χ2n) is 4.93. The zero-order chi connectivity index (χ0) is 12.2. The molecule has 0 fully saturated rings. The first kappa shape index (κ1) is 13.0.